The van der Waals surface area contributed by atoms with E-state index in [2.05, 4.69) is 5.16 Å². The molecule has 0 radical (unpaired) electrons. The first-order chi connectivity index (χ1) is 20.4. The van der Waals surface area contributed by atoms with Gasteiger partial charge >= 0.3 is 5.97 Å². The van der Waals surface area contributed by atoms with Crippen LogP contribution in [0.1, 0.15) is 22.3 Å². The summed E-state index contributed by atoms with van der Waals surface area (Å²) < 4.78 is 42.7. The molecule has 0 heterocycles. The van der Waals surface area contributed by atoms with E-state index < -0.39 is 17.5 Å². The molecular weight excluding hydrogens is 545 g/mol. The second-order valence-electron chi connectivity index (χ2n) is 8.93. The van der Waals surface area contributed by atoms with Crippen molar-refractivity contribution in [2.24, 2.45) is 5.16 Å². The first-order valence-corrected chi connectivity index (χ1v) is 12.8. The van der Waals surface area contributed by atoms with Crippen LogP contribution in [0.4, 0.5) is 4.39 Å². The standard InChI is InChI=1S/C32H30FNO8/c1-37-25-10-4-21(5-11-25)18-40-29-17-24(16-28(33)31(29)41-19-22-6-12-26(38-2)13-7-22)30(32(35)36)34-42-20-23-8-14-27(39-3)15-9-23/h4-17H,18-20H2,1-3H3,(H,35,36)/b34-30-. The number of aliphatic carboxylic acids is 1. The fourth-order valence-corrected chi connectivity index (χ4v) is 3.82. The number of carboxylic acids is 1. The van der Waals surface area contributed by atoms with E-state index in [0.29, 0.717) is 17.2 Å². The Hall–Kier alpha value is -5.25. The fourth-order valence-electron chi connectivity index (χ4n) is 3.82. The second-order valence-corrected chi connectivity index (χ2v) is 8.93. The highest BCUT2D eigenvalue weighted by Gasteiger charge is 2.21. The maximum Gasteiger partial charge on any atom is 0.358 e. The molecule has 0 saturated heterocycles. The summed E-state index contributed by atoms with van der Waals surface area (Å²) in [5.74, 6) is -0.391. The number of benzene rings is 4. The maximum absolute atomic E-state index is 15.5. The first kappa shape index (κ1) is 29.7. The molecule has 0 amide bonds. The van der Waals surface area contributed by atoms with Crippen molar-refractivity contribution in [3.63, 3.8) is 0 Å². The fraction of sp³-hybridized carbons (Fsp3) is 0.188. The number of hydrogen-bond donors (Lipinski definition) is 1. The topological polar surface area (TPSA) is 105 Å². The average Bonchev–Trinajstić information content (AvgIpc) is 3.02. The Morgan fingerprint density at radius 3 is 1.60 bits per heavy atom. The van der Waals surface area contributed by atoms with Gasteiger partial charge in [-0.05, 0) is 65.2 Å². The number of carbonyl (C=O) groups is 1. The molecule has 4 aromatic carbocycles. The minimum absolute atomic E-state index is 0.00145. The summed E-state index contributed by atoms with van der Waals surface area (Å²) in [5, 5.41) is 13.6. The third-order valence-electron chi connectivity index (χ3n) is 6.13. The van der Waals surface area contributed by atoms with Gasteiger partial charge in [-0.1, -0.05) is 41.6 Å². The zero-order valence-corrected chi connectivity index (χ0v) is 23.3. The lowest BCUT2D eigenvalue weighted by Gasteiger charge is -2.16. The Morgan fingerprint density at radius 1 is 0.690 bits per heavy atom. The quantitative estimate of drug-likeness (QED) is 0.144. The Kier molecular flexibility index (Phi) is 10.2. The van der Waals surface area contributed by atoms with E-state index in [0.717, 1.165) is 22.8 Å². The van der Waals surface area contributed by atoms with Crippen LogP contribution in [-0.2, 0) is 29.5 Å². The van der Waals surface area contributed by atoms with Gasteiger partial charge in [0.1, 0.15) is 37.1 Å². The SMILES string of the molecule is COc1ccc(CO/N=C(\C(=O)O)c2cc(F)c(OCc3ccc(OC)cc3)c(OCc3ccc(OC)cc3)c2)cc1. The summed E-state index contributed by atoms with van der Waals surface area (Å²) in [6, 6.07) is 23.6. The van der Waals surface area contributed by atoms with Crippen LogP contribution in [0, 0.1) is 5.82 Å². The van der Waals surface area contributed by atoms with Crippen LogP contribution in [0.25, 0.3) is 0 Å². The van der Waals surface area contributed by atoms with Gasteiger partial charge in [-0.3, -0.25) is 0 Å². The molecule has 42 heavy (non-hydrogen) atoms. The summed E-state index contributed by atoms with van der Waals surface area (Å²) in [6.45, 7) is 0.0798. The van der Waals surface area contributed by atoms with Gasteiger partial charge in [0.05, 0.1) is 21.3 Å². The number of ether oxygens (including phenoxy) is 5. The van der Waals surface area contributed by atoms with E-state index in [1.165, 1.54) is 6.07 Å². The molecular formula is C32H30FNO8. The predicted molar refractivity (Wildman–Crippen MR) is 153 cm³/mol. The summed E-state index contributed by atoms with van der Waals surface area (Å²) in [4.78, 5) is 17.4. The highest BCUT2D eigenvalue weighted by Crippen LogP contribution is 2.34. The molecule has 218 valence electrons. The maximum atomic E-state index is 15.5. The van der Waals surface area contributed by atoms with E-state index in [1.54, 1.807) is 94.1 Å². The van der Waals surface area contributed by atoms with Crippen molar-refractivity contribution >= 4 is 11.7 Å². The lowest BCUT2D eigenvalue weighted by Crippen LogP contribution is -2.16. The monoisotopic (exact) mass is 575 g/mol. The third kappa shape index (κ3) is 7.91. The van der Waals surface area contributed by atoms with Gasteiger partial charge in [0, 0.05) is 5.56 Å². The largest absolute Gasteiger partial charge is 0.497 e. The van der Waals surface area contributed by atoms with E-state index in [4.69, 9.17) is 28.5 Å². The molecule has 0 unspecified atom stereocenters. The van der Waals surface area contributed by atoms with Gasteiger partial charge in [-0.15, -0.1) is 0 Å². The molecule has 0 spiro atoms. The molecule has 1 N–H and O–H groups in total. The van der Waals surface area contributed by atoms with Gasteiger partial charge in [0.25, 0.3) is 0 Å². The highest BCUT2D eigenvalue weighted by molar-refractivity contribution is 6.42. The van der Waals surface area contributed by atoms with Crippen molar-refractivity contribution in [1.29, 1.82) is 0 Å². The first-order valence-electron chi connectivity index (χ1n) is 12.8. The molecule has 9 nitrogen and oxygen atoms in total. The van der Waals surface area contributed by atoms with Gasteiger partial charge in [0.15, 0.2) is 23.0 Å². The van der Waals surface area contributed by atoms with E-state index in [9.17, 15) is 9.90 Å². The molecule has 0 atom stereocenters. The van der Waals surface area contributed by atoms with Crippen molar-refractivity contribution < 1.29 is 42.8 Å². The molecule has 0 aromatic heterocycles. The Bertz CT molecular complexity index is 1500. The molecule has 4 aromatic rings. The predicted octanol–water partition coefficient (Wildman–Crippen LogP) is 6.02. The number of oxime groups is 1. The molecule has 0 aliphatic heterocycles. The molecule has 10 heteroatoms. The van der Waals surface area contributed by atoms with Crippen LogP contribution in [0.15, 0.2) is 90.1 Å². The lowest BCUT2D eigenvalue weighted by molar-refractivity contribution is -0.129. The molecule has 0 bridgehead atoms. The van der Waals surface area contributed by atoms with Crippen molar-refractivity contribution in [1.82, 2.24) is 0 Å². The number of nitrogens with zero attached hydrogens (tertiary/aromatic N) is 1. The number of hydrogen-bond acceptors (Lipinski definition) is 8. The molecule has 0 aliphatic carbocycles. The lowest BCUT2D eigenvalue weighted by atomic mass is 10.1. The summed E-state index contributed by atoms with van der Waals surface area (Å²) in [5.41, 5.74) is 1.72. The number of carboxylic acid groups (broad SMARTS) is 1. The summed E-state index contributed by atoms with van der Waals surface area (Å²) >= 11 is 0. The normalized spacial score (nSPS) is 11.0. The highest BCUT2D eigenvalue weighted by atomic mass is 19.1. The molecule has 4 rings (SSSR count). The molecule has 0 saturated carbocycles. The van der Waals surface area contributed by atoms with Gasteiger partial charge in [-0.25, -0.2) is 9.18 Å². The number of rotatable bonds is 14. The van der Waals surface area contributed by atoms with Crippen LogP contribution >= 0.6 is 0 Å². The Morgan fingerprint density at radius 2 is 1.14 bits per heavy atom. The minimum atomic E-state index is -1.41. The van der Waals surface area contributed by atoms with Crippen LogP contribution in [0.3, 0.4) is 0 Å². The van der Waals surface area contributed by atoms with E-state index in [1.807, 2.05) is 0 Å². The van der Waals surface area contributed by atoms with E-state index in [-0.39, 0.29) is 36.9 Å². The Labute approximate surface area is 242 Å². The van der Waals surface area contributed by atoms with Gasteiger partial charge < -0.3 is 33.6 Å². The summed E-state index contributed by atoms with van der Waals surface area (Å²) in [6.07, 6.45) is 0. The number of halogens is 1. The van der Waals surface area contributed by atoms with Crippen LogP contribution in [0.5, 0.6) is 28.7 Å². The van der Waals surface area contributed by atoms with Crippen molar-refractivity contribution in [3.8, 4) is 28.7 Å². The van der Waals surface area contributed by atoms with Crippen molar-refractivity contribution in [2.45, 2.75) is 19.8 Å². The average molecular weight is 576 g/mol. The Balaban J connectivity index is 1.59. The second kappa shape index (κ2) is 14.4. The van der Waals surface area contributed by atoms with Crippen molar-refractivity contribution in [2.75, 3.05) is 21.3 Å². The van der Waals surface area contributed by atoms with E-state index >= 15 is 4.39 Å². The van der Waals surface area contributed by atoms with Crippen LogP contribution < -0.4 is 23.7 Å². The smallest absolute Gasteiger partial charge is 0.358 e. The summed E-state index contributed by atoms with van der Waals surface area (Å²) in [7, 11) is 4.68. The van der Waals surface area contributed by atoms with Gasteiger partial charge in [0.2, 0.25) is 0 Å². The van der Waals surface area contributed by atoms with Crippen LogP contribution in [0.2, 0.25) is 0 Å². The van der Waals surface area contributed by atoms with Crippen LogP contribution in [-0.4, -0.2) is 38.1 Å². The third-order valence-corrected chi connectivity index (χ3v) is 6.13. The molecule has 0 aliphatic rings. The molecule has 0 fully saturated rings. The number of methoxy groups -OCH3 is 3. The van der Waals surface area contributed by atoms with Gasteiger partial charge in [-0.2, -0.15) is 0 Å². The zero-order chi connectivity index (χ0) is 29.9. The minimum Gasteiger partial charge on any atom is -0.497 e. The van der Waals surface area contributed by atoms with Crippen molar-refractivity contribution in [3.05, 3.63) is 113 Å². The zero-order valence-electron chi connectivity index (χ0n) is 23.3.